The molecule has 0 aliphatic heterocycles. The first kappa shape index (κ1) is 15.7. The minimum absolute atomic E-state index is 0.175. The number of primary amides is 1. The Hall–Kier alpha value is -3.15. The molecule has 6 heteroatoms. The van der Waals surface area contributed by atoms with Crippen LogP contribution in [-0.2, 0) is 11.8 Å². The average Bonchev–Trinajstić information content (AvgIpc) is 2.83. The molecule has 0 aliphatic rings. The van der Waals surface area contributed by atoms with Crippen LogP contribution in [0.2, 0.25) is 0 Å². The number of pyridine rings is 1. The Balaban J connectivity index is 2.20. The Morgan fingerprint density at radius 1 is 1.25 bits per heavy atom. The van der Waals surface area contributed by atoms with Crippen LogP contribution in [0.15, 0.2) is 36.7 Å². The van der Waals surface area contributed by atoms with E-state index < -0.39 is 5.91 Å². The van der Waals surface area contributed by atoms with Crippen molar-refractivity contribution in [1.29, 1.82) is 0 Å². The third-order valence-corrected chi connectivity index (χ3v) is 3.99. The molecule has 2 heterocycles. The van der Waals surface area contributed by atoms with Crippen LogP contribution in [0.3, 0.4) is 0 Å². The fourth-order valence-corrected chi connectivity index (χ4v) is 2.81. The number of benzene rings is 1. The zero-order chi connectivity index (χ0) is 17.4. The first-order valence-electron chi connectivity index (χ1n) is 7.50. The minimum Gasteiger partial charge on any atom is -0.366 e. The van der Waals surface area contributed by atoms with Crippen LogP contribution in [0, 0.1) is 6.92 Å². The topological polar surface area (TPSA) is 90.0 Å². The van der Waals surface area contributed by atoms with Gasteiger partial charge in [0.25, 0.3) is 0 Å². The number of aromatic nitrogens is 2. The standard InChI is InChI=1S/C18H18N4O2/c1-10-4-5-12(6-13(10)18(19)24)15-9-22(3)16-8-20-17(7-14(15)16)21-11(2)23/h4-9H,1-3H3,(H2,19,24)(H,20,21,23). The first-order valence-corrected chi connectivity index (χ1v) is 7.50. The van der Waals surface area contributed by atoms with E-state index in [4.69, 9.17) is 5.73 Å². The van der Waals surface area contributed by atoms with Crippen molar-refractivity contribution in [3.8, 4) is 11.1 Å². The molecular formula is C18H18N4O2. The monoisotopic (exact) mass is 322 g/mol. The van der Waals surface area contributed by atoms with Crippen LogP contribution in [0.5, 0.6) is 0 Å². The van der Waals surface area contributed by atoms with Crippen LogP contribution < -0.4 is 11.1 Å². The molecule has 0 unspecified atom stereocenters. The molecule has 122 valence electrons. The van der Waals surface area contributed by atoms with Gasteiger partial charge in [-0.2, -0.15) is 0 Å². The average molecular weight is 322 g/mol. The van der Waals surface area contributed by atoms with Crippen molar-refractivity contribution in [2.24, 2.45) is 12.8 Å². The van der Waals surface area contributed by atoms with E-state index in [1.165, 1.54) is 6.92 Å². The van der Waals surface area contributed by atoms with Gasteiger partial charge in [-0.25, -0.2) is 4.98 Å². The highest BCUT2D eigenvalue weighted by atomic mass is 16.1. The normalized spacial score (nSPS) is 10.8. The van der Waals surface area contributed by atoms with Gasteiger partial charge in [-0.1, -0.05) is 12.1 Å². The van der Waals surface area contributed by atoms with E-state index >= 15 is 0 Å². The Bertz CT molecular complexity index is 973. The molecule has 0 spiro atoms. The van der Waals surface area contributed by atoms with Crippen LogP contribution in [0.25, 0.3) is 22.0 Å². The number of anilines is 1. The van der Waals surface area contributed by atoms with Crippen LogP contribution >= 0.6 is 0 Å². The molecule has 1 aromatic carbocycles. The maximum Gasteiger partial charge on any atom is 0.248 e. The van der Waals surface area contributed by atoms with Crippen molar-refractivity contribution in [3.05, 3.63) is 47.8 Å². The summed E-state index contributed by atoms with van der Waals surface area (Å²) < 4.78 is 1.96. The first-order chi connectivity index (χ1) is 11.4. The van der Waals surface area contributed by atoms with Gasteiger partial charge in [0.15, 0.2) is 0 Å². The molecule has 0 radical (unpaired) electrons. The zero-order valence-electron chi connectivity index (χ0n) is 13.8. The molecule has 3 rings (SSSR count). The van der Waals surface area contributed by atoms with Gasteiger partial charge in [0, 0.05) is 36.7 Å². The minimum atomic E-state index is -0.449. The second-order valence-corrected chi connectivity index (χ2v) is 5.82. The number of carbonyl (C=O) groups excluding carboxylic acids is 2. The van der Waals surface area contributed by atoms with Gasteiger partial charge in [0.05, 0.1) is 11.7 Å². The quantitative estimate of drug-likeness (QED) is 0.776. The summed E-state index contributed by atoms with van der Waals surface area (Å²) >= 11 is 0. The summed E-state index contributed by atoms with van der Waals surface area (Å²) in [4.78, 5) is 27.1. The molecule has 3 N–H and O–H groups in total. The second kappa shape index (κ2) is 5.81. The molecule has 0 bridgehead atoms. The SMILES string of the molecule is CC(=O)Nc1cc2c(-c3ccc(C)c(C(N)=O)c3)cn(C)c2cn1. The molecular weight excluding hydrogens is 304 g/mol. The van der Waals surface area contributed by atoms with E-state index in [2.05, 4.69) is 10.3 Å². The van der Waals surface area contributed by atoms with Gasteiger partial charge in [0.1, 0.15) is 5.82 Å². The highest BCUT2D eigenvalue weighted by Crippen LogP contribution is 2.32. The number of nitrogens with one attached hydrogen (secondary N) is 1. The zero-order valence-corrected chi connectivity index (χ0v) is 13.8. The van der Waals surface area contributed by atoms with Crippen molar-refractivity contribution in [2.75, 3.05) is 5.32 Å². The van der Waals surface area contributed by atoms with E-state index in [9.17, 15) is 9.59 Å². The molecule has 2 aromatic heterocycles. The number of carbonyl (C=O) groups is 2. The van der Waals surface area contributed by atoms with E-state index in [1.807, 2.05) is 42.9 Å². The van der Waals surface area contributed by atoms with Crippen molar-refractivity contribution >= 4 is 28.5 Å². The number of nitrogens with two attached hydrogens (primary N) is 1. The number of amides is 2. The van der Waals surface area contributed by atoms with Crippen molar-refractivity contribution in [1.82, 2.24) is 9.55 Å². The third kappa shape index (κ3) is 2.74. The van der Waals surface area contributed by atoms with Gasteiger partial charge in [-0.3, -0.25) is 9.59 Å². The number of hydrogen-bond acceptors (Lipinski definition) is 3. The molecule has 0 atom stereocenters. The fraction of sp³-hybridized carbons (Fsp3) is 0.167. The highest BCUT2D eigenvalue weighted by molar-refractivity contribution is 6.01. The summed E-state index contributed by atoms with van der Waals surface area (Å²) in [5, 5.41) is 3.63. The van der Waals surface area contributed by atoms with Crippen molar-refractivity contribution in [3.63, 3.8) is 0 Å². The van der Waals surface area contributed by atoms with Gasteiger partial charge < -0.3 is 15.6 Å². The molecule has 0 saturated carbocycles. The van der Waals surface area contributed by atoms with Gasteiger partial charge in [0.2, 0.25) is 11.8 Å². The van der Waals surface area contributed by atoms with E-state index in [0.29, 0.717) is 11.4 Å². The van der Waals surface area contributed by atoms with Crippen LogP contribution in [0.1, 0.15) is 22.8 Å². The van der Waals surface area contributed by atoms with Crippen LogP contribution in [-0.4, -0.2) is 21.4 Å². The van der Waals surface area contributed by atoms with Gasteiger partial charge in [-0.15, -0.1) is 0 Å². The maximum atomic E-state index is 11.6. The van der Waals surface area contributed by atoms with Gasteiger partial charge in [-0.05, 0) is 30.2 Å². The number of fused-ring (bicyclic) bond motifs is 1. The molecule has 0 fully saturated rings. The van der Waals surface area contributed by atoms with Crippen molar-refractivity contribution in [2.45, 2.75) is 13.8 Å². The lowest BCUT2D eigenvalue weighted by Crippen LogP contribution is -2.12. The Kier molecular flexibility index (Phi) is 3.81. The largest absolute Gasteiger partial charge is 0.366 e. The molecule has 0 saturated heterocycles. The molecule has 6 nitrogen and oxygen atoms in total. The predicted molar refractivity (Wildman–Crippen MR) is 93.7 cm³/mol. The number of aryl methyl sites for hydroxylation is 2. The second-order valence-electron chi connectivity index (χ2n) is 5.82. The summed E-state index contributed by atoms with van der Waals surface area (Å²) in [5.74, 6) is -0.134. The summed E-state index contributed by atoms with van der Waals surface area (Å²) in [7, 11) is 1.93. The maximum absolute atomic E-state index is 11.6. The molecule has 24 heavy (non-hydrogen) atoms. The number of nitrogens with zero attached hydrogens (tertiary/aromatic N) is 2. The Labute approximate surface area is 139 Å². The molecule has 0 aliphatic carbocycles. The third-order valence-electron chi connectivity index (χ3n) is 3.99. The van der Waals surface area contributed by atoms with E-state index in [0.717, 1.165) is 27.6 Å². The van der Waals surface area contributed by atoms with E-state index in [-0.39, 0.29) is 5.91 Å². The lowest BCUT2D eigenvalue weighted by atomic mass is 9.99. The van der Waals surface area contributed by atoms with E-state index in [1.54, 1.807) is 12.3 Å². The summed E-state index contributed by atoms with van der Waals surface area (Å²) in [6.45, 7) is 3.29. The summed E-state index contributed by atoms with van der Waals surface area (Å²) in [6, 6.07) is 7.46. The van der Waals surface area contributed by atoms with Gasteiger partial charge >= 0.3 is 0 Å². The smallest absolute Gasteiger partial charge is 0.248 e. The summed E-state index contributed by atoms with van der Waals surface area (Å²) in [5.41, 5.74) is 9.57. The molecule has 2 amide bonds. The van der Waals surface area contributed by atoms with Crippen molar-refractivity contribution < 1.29 is 9.59 Å². The predicted octanol–water partition coefficient (Wildman–Crippen LogP) is 2.61. The lowest BCUT2D eigenvalue weighted by molar-refractivity contribution is -0.114. The lowest BCUT2D eigenvalue weighted by Gasteiger charge is -2.06. The Morgan fingerprint density at radius 3 is 2.67 bits per heavy atom. The number of rotatable bonds is 3. The van der Waals surface area contributed by atoms with Crippen LogP contribution in [0.4, 0.5) is 5.82 Å². The summed E-state index contributed by atoms with van der Waals surface area (Å²) in [6.07, 6.45) is 3.69. The highest BCUT2D eigenvalue weighted by Gasteiger charge is 2.13. The Morgan fingerprint density at radius 2 is 2.00 bits per heavy atom. The fourth-order valence-electron chi connectivity index (χ4n) is 2.81. The molecule has 3 aromatic rings. The number of hydrogen-bond donors (Lipinski definition) is 2.